The molecule has 0 spiro atoms. The molecule has 1 atom stereocenters. The maximum absolute atomic E-state index is 13.2. The van der Waals surface area contributed by atoms with Gasteiger partial charge in [0.1, 0.15) is 4.90 Å². The quantitative estimate of drug-likeness (QED) is 0.723. The third kappa shape index (κ3) is 2.94. The van der Waals surface area contributed by atoms with Gasteiger partial charge in [-0.1, -0.05) is 18.2 Å². The van der Waals surface area contributed by atoms with E-state index in [0.29, 0.717) is 18.6 Å². The van der Waals surface area contributed by atoms with E-state index in [9.17, 15) is 8.42 Å². The number of piperidine rings is 1. The van der Waals surface area contributed by atoms with E-state index in [4.69, 9.17) is 0 Å². The smallest absolute Gasteiger partial charge is 0.245 e. The SMILES string of the molecule is Cn1ccc([C@H]2CCCN(S(=O)(=O)c3cccc4cccnc34)C2)n1. The molecule has 0 N–H and O–H groups in total. The van der Waals surface area contributed by atoms with Crippen molar-refractivity contribution >= 4 is 20.9 Å². The maximum Gasteiger partial charge on any atom is 0.245 e. The average Bonchev–Trinajstić information content (AvgIpc) is 3.08. The van der Waals surface area contributed by atoms with E-state index >= 15 is 0 Å². The van der Waals surface area contributed by atoms with Crippen LogP contribution in [-0.4, -0.2) is 40.6 Å². The van der Waals surface area contributed by atoms with Gasteiger partial charge < -0.3 is 0 Å². The summed E-state index contributed by atoms with van der Waals surface area (Å²) in [5.41, 5.74) is 1.49. The number of sulfonamides is 1. The molecule has 1 aromatic carbocycles. The molecule has 1 aliphatic heterocycles. The van der Waals surface area contributed by atoms with Gasteiger partial charge in [0, 0.05) is 43.8 Å². The minimum Gasteiger partial charge on any atom is -0.276 e. The van der Waals surface area contributed by atoms with Crippen LogP contribution in [0, 0.1) is 0 Å². The highest BCUT2D eigenvalue weighted by atomic mass is 32.2. The Morgan fingerprint density at radius 1 is 1.16 bits per heavy atom. The molecule has 25 heavy (non-hydrogen) atoms. The Labute approximate surface area is 147 Å². The van der Waals surface area contributed by atoms with E-state index in [2.05, 4.69) is 10.1 Å². The first-order valence-corrected chi connectivity index (χ1v) is 9.83. The van der Waals surface area contributed by atoms with Crippen LogP contribution in [0.25, 0.3) is 10.9 Å². The summed E-state index contributed by atoms with van der Waals surface area (Å²) in [5.74, 6) is 0.132. The fourth-order valence-corrected chi connectivity index (χ4v) is 5.17. The van der Waals surface area contributed by atoms with Gasteiger partial charge in [-0.25, -0.2) is 8.42 Å². The van der Waals surface area contributed by atoms with Crippen molar-refractivity contribution in [1.82, 2.24) is 19.1 Å². The number of hydrogen-bond donors (Lipinski definition) is 0. The van der Waals surface area contributed by atoms with Crippen molar-refractivity contribution in [2.75, 3.05) is 13.1 Å². The molecule has 0 bridgehead atoms. The first-order chi connectivity index (χ1) is 12.1. The Hall–Kier alpha value is -2.25. The molecule has 7 heteroatoms. The van der Waals surface area contributed by atoms with Crippen LogP contribution in [0.5, 0.6) is 0 Å². The van der Waals surface area contributed by atoms with E-state index in [-0.39, 0.29) is 10.8 Å². The first-order valence-electron chi connectivity index (χ1n) is 8.39. The molecule has 1 saturated heterocycles. The lowest BCUT2D eigenvalue weighted by Crippen LogP contribution is -2.39. The van der Waals surface area contributed by atoms with Crippen LogP contribution in [0.1, 0.15) is 24.5 Å². The highest BCUT2D eigenvalue weighted by Crippen LogP contribution is 2.31. The zero-order chi connectivity index (χ0) is 17.4. The van der Waals surface area contributed by atoms with Crippen molar-refractivity contribution in [3.05, 3.63) is 54.5 Å². The second kappa shape index (κ2) is 6.24. The molecule has 1 fully saturated rings. The number of aryl methyl sites for hydroxylation is 1. The average molecular weight is 356 g/mol. The van der Waals surface area contributed by atoms with Gasteiger partial charge in [-0.3, -0.25) is 9.67 Å². The predicted molar refractivity (Wildman–Crippen MR) is 95.7 cm³/mol. The molecule has 0 amide bonds. The summed E-state index contributed by atoms with van der Waals surface area (Å²) < 4.78 is 29.8. The van der Waals surface area contributed by atoms with Crippen LogP contribution in [0.4, 0.5) is 0 Å². The molecule has 0 aliphatic carbocycles. The van der Waals surface area contributed by atoms with Crippen molar-refractivity contribution in [3.63, 3.8) is 0 Å². The number of benzene rings is 1. The van der Waals surface area contributed by atoms with E-state index in [1.807, 2.05) is 37.5 Å². The summed E-state index contributed by atoms with van der Waals surface area (Å²) in [6.45, 7) is 0.997. The lowest BCUT2D eigenvalue weighted by Gasteiger charge is -2.31. The summed E-state index contributed by atoms with van der Waals surface area (Å²) in [6, 6.07) is 11.0. The number of hydrogen-bond acceptors (Lipinski definition) is 4. The van der Waals surface area contributed by atoms with Gasteiger partial charge in [-0.15, -0.1) is 0 Å². The molecule has 3 heterocycles. The van der Waals surface area contributed by atoms with Crippen molar-refractivity contribution in [3.8, 4) is 0 Å². The molecule has 130 valence electrons. The number of rotatable bonds is 3. The topological polar surface area (TPSA) is 68.1 Å². The monoisotopic (exact) mass is 356 g/mol. The highest BCUT2D eigenvalue weighted by molar-refractivity contribution is 7.89. The Morgan fingerprint density at radius 2 is 2.00 bits per heavy atom. The summed E-state index contributed by atoms with van der Waals surface area (Å²) >= 11 is 0. The van der Waals surface area contributed by atoms with Crippen molar-refractivity contribution in [2.24, 2.45) is 7.05 Å². The maximum atomic E-state index is 13.2. The summed E-state index contributed by atoms with van der Waals surface area (Å²) in [4.78, 5) is 4.59. The molecule has 4 rings (SSSR count). The lowest BCUT2D eigenvalue weighted by molar-refractivity contribution is 0.312. The van der Waals surface area contributed by atoms with Gasteiger partial charge in [0.2, 0.25) is 10.0 Å². The highest BCUT2D eigenvalue weighted by Gasteiger charge is 2.32. The Kier molecular flexibility index (Phi) is 4.05. The van der Waals surface area contributed by atoms with Gasteiger partial charge in [0.25, 0.3) is 0 Å². The molecule has 0 unspecified atom stereocenters. The van der Waals surface area contributed by atoms with Gasteiger partial charge in [-0.05, 0) is 31.0 Å². The van der Waals surface area contributed by atoms with Crippen LogP contribution in [-0.2, 0) is 17.1 Å². The molecule has 1 aliphatic rings. The number of aromatic nitrogens is 3. The van der Waals surface area contributed by atoms with E-state index < -0.39 is 10.0 Å². The van der Waals surface area contributed by atoms with Crippen molar-refractivity contribution in [1.29, 1.82) is 0 Å². The van der Waals surface area contributed by atoms with Gasteiger partial charge in [-0.2, -0.15) is 9.40 Å². The number of para-hydroxylation sites is 1. The fourth-order valence-electron chi connectivity index (χ4n) is 3.48. The molecular weight excluding hydrogens is 336 g/mol. The molecule has 2 aromatic heterocycles. The van der Waals surface area contributed by atoms with Crippen LogP contribution in [0.2, 0.25) is 0 Å². The second-order valence-electron chi connectivity index (χ2n) is 6.45. The number of nitrogens with zero attached hydrogens (tertiary/aromatic N) is 4. The fraction of sp³-hybridized carbons (Fsp3) is 0.333. The van der Waals surface area contributed by atoms with Crippen LogP contribution in [0.15, 0.2) is 53.7 Å². The van der Waals surface area contributed by atoms with E-state index in [1.54, 1.807) is 27.3 Å². The number of pyridine rings is 1. The predicted octanol–water partition coefficient (Wildman–Crippen LogP) is 2.54. The summed E-state index contributed by atoms with van der Waals surface area (Å²) in [7, 11) is -1.71. The number of fused-ring (bicyclic) bond motifs is 1. The van der Waals surface area contributed by atoms with Crippen LogP contribution >= 0.6 is 0 Å². The Bertz CT molecular complexity index is 1010. The van der Waals surface area contributed by atoms with E-state index in [0.717, 1.165) is 23.9 Å². The standard InChI is InChI=1S/C18H20N4O2S/c1-21-12-9-16(20-21)15-7-4-11-22(13-15)25(23,24)17-8-2-5-14-6-3-10-19-18(14)17/h2-3,5-6,8-10,12,15H,4,7,11,13H2,1H3/t15-/m0/s1. The van der Waals surface area contributed by atoms with Gasteiger partial charge in [0.15, 0.2) is 0 Å². The van der Waals surface area contributed by atoms with Gasteiger partial charge in [0.05, 0.1) is 11.2 Å². The van der Waals surface area contributed by atoms with E-state index in [1.165, 1.54) is 0 Å². The molecule has 0 saturated carbocycles. The summed E-state index contributed by atoms with van der Waals surface area (Å²) in [5, 5.41) is 5.29. The summed E-state index contributed by atoms with van der Waals surface area (Å²) in [6.07, 6.45) is 5.32. The minimum atomic E-state index is -3.59. The molecule has 0 radical (unpaired) electrons. The largest absolute Gasteiger partial charge is 0.276 e. The van der Waals surface area contributed by atoms with Crippen LogP contribution in [0.3, 0.4) is 0 Å². The minimum absolute atomic E-state index is 0.132. The first kappa shape index (κ1) is 16.2. The molecule has 6 nitrogen and oxygen atoms in total. The van der Waals surface area contributed by atoms with Crippen molar-refractivity contribution < 1.29 is 8.42 Å². The Morgan fingerprint density at radius 3 is 2.80 bits per heavy atom. The zero-order valence-corrected chi connectivity index (χ0v) is 14.9. The zero-order valence-electron chi connectivity index (χ0n) is 14.0. The molecule has 3 aromatic rings. The third-order valence-electron chi connectivity index (χ3n) is 4.75. The van der Waals surface area contributed by atoms with Crippen molar-refractivity contribution in [2.45, 2.75) is 23.7 Å². The second-order valence-corrected chi connectivity index (χ2v) is 8.35. The molecular formula is C18H20N4O2S. The van der Waals surface area contributed by atoms with Crippen LogP contribution < -0.4 is 0 Å². The Balaban J connectivity index is 1.69. The van der Waals surface area contributed by atoms with Gasteiger partial charge >= 0.3 is 0 Å². The third-order valence-corrected chi connectivity index (χ3v) is 6.65. The lowest BCUT2D eigenvalue weighted by atomic mass is 9.96. The normalized spacial score (nSPS) is 19.3.